The number of pyridine rings is 1. The lowest BCUT2D eigenvalue weighted by molar-refractivity contribution is 0.0519. The number of furan rings is 1. The number of nitrogens with zero attached hydrogens (tertiary/aromatic N) is 3. The molecule has 4 aromatic rings. The summed E-state index contributed by atoms with van der Waals surface area (Å²) in [5, 5.41) is 2.87. The van der Waals surface area contributed by atoms with Crippen LogP contribution in [0.5, 0.6) is 0 Å². The van der Waals surface area contributed by atoms with Gasteiger partial charge in [-0.15, -0.1) is 11.3 Å². The number of aromatic nitrogens is 1. The molecule has 0 atom stereocenters. The van der Waals surface area contributed by atoms with Crippen molar-refractivity contribution in [2.45, 2.75) is 6.92 Å². The Bertz CT molecular complexity index is 1240. The van der Waals surface area contributed by atoms with Crippen LogP contribution in [-0.2, 0) is 0 Å². The lowest BCUT2D eigenvalue weighted by Gasteiger charge is -2.34. The molecule has 31 heavy (non-hydrogen) atoms. The van der Waals surface area contributed by atoms with Crippen LogP contribution < -0.4 is 0 Å². The van der Waals surface area contributed by atoms with E-state index in [-0.39, 0.29) is 11.8 Å². The highest BCUT2D eigenvalue weighted by atomic mass is 32.1. The van der Waals surface area contributed by atoms with Crippen molar-refractivity contribution in [3.63, 3.8) is 0 Å². The first-order chi connectivity index (χ1) is 15.1. The second-order valence-corrected chi connectivity index (χ2v) is 8.56. The number of piperazine rings is 1. The normalized spacial score (nSPS) is 14.2. The molecule has 0 bridgehead atoms. The molecule has 156 valence electrons. The molecule has 2 amide bonds. The molecular weight excluding hydrogens is 410 g/mol. The van der Waals surface area contributed by atoms with Gasteiger partial charge in [0, 0.05) is 31.6 Å². The lowest BCUT2D eigenvalue weighted by Crippen LogP contribution is -2.50. The third-order valence-corrected chi connectivity index (χ3v) is 6.45. The number of hydrogen-bond acceptors (Lipinski definition) is 5. The highest BCUT2D eigenvalue weighted by Crippen LogP contribution is 2.29. The van der Waals surface area contributed by atoms with Crippen molar-refractivity contribution in [1.29, 1.82) is 0 Å². The first-order valence-electron chi connectivity index (χ1n) is 10.2. The van der Waals surface area contributed by atoms with E-state index < -0.39 is 0 Å². The summed E-state index contributed by atoms with van der Waals surface area (Å²) in [6.45, 7) is 3.93. The molecule has 0 radical (unpaired) electrons. The number of hydrogen-bond donors (Lipinski definition) is 0. The van der Waals surface area contributed by atoms with Crippen molar-refractivity contribution >= 4 is 34.1 Å². The summed E-state index contributed by atoms with van der Waals surface area (Å²) >= 11 is 1.61. The minimum atomic E-state index is -0.137. The Morgan fingerprint density at radius 3 is 2.42 bits per heavy atom. The number of aryl methyl sites for hydroxylation is 1. The SMILES string of the molecule is Cc1ccc2nc(-c3cccs3)cc(C(=O)N3CCN(C(=O)c4ccco4)CC3)c2c1. The van der Waals surface area contributed by atoms with Gasteiger partial charge in [0.2, 0.25) is 0 Å². The van der Waals surface area contributed by atoms with E-state index in [1.54, 1.807) is 28.4 Å². The van der Waals surface area contributed by atoms with Gasteiger partial charge in [0.25, 0.3) is 11.8 Å². The molecule has 4 heterocycles. The fourth-order valence-corrected chi connectivity index (χ4v) is 4.59. The summed E-state index contributed by atoms with van der Waals surface area (Å²) in [6, 6.07) is 15.3. The zero-order chi connectivity index (χ0) is 21.4. The summed E-state index contributed by atoms with van der Waals surface area (Å²) in [5.74, 6) is 0.166. The van der Waals surface area contributed by atoms with Crippen molar-refractivity contribution in [2.24, 2.45) is 0 Å². The molecule has 5 rings (SSSR count). The Morgan fingerprint density at radius 2 is 1.74 bits per heavy atom. The van der Waals surface area contributed by atoms with Crippen LogP contribution in [0.25, 0.3) is 21.5 Å². The maximum Gasteiger partial charge on any atom is 0.289 e. The quantitative estimate of drug-likeness (QED) is 0.480. The van der Waals surface area contributed by atoms with Crippen LogP contribution >= 0.6 is 11.3 Å². The first-order valence-corrected chi connectivity index (χ1v) is 11.1. The van der Waals surface area contributed by atoms with Gasteiger partial charge in [0.05, 0.1) is 27.9 Å². The number of benzene rings is 1. The molecule has 0 saturated carbocycles. The lowest BCUT2D eigenvalue weighted by atomic mass is 10.0. The average Bonchev–Trinajstić information content (AvgIpc) is 3.52. The number of rotatable bonds is 3. The minimum absolute atomic E-state index is 0.0269. The van der Waals surface area contributed by atoms with Gasteiger partial charge in [-0.2, -0.15) is 0 Å². The van der Waals surface area contributed by atoms with Crippen LogP contribution in [0.1, 0.15) is 26.5 Å². The van der Waals surface area contributed by atoms with E-state index in [2.05, 4.69) is 0 Å². The largest absolute Gasteiger partial charge is 0.459 e. The average molecular weight is 432 g/mol. The van der Waals surface area contributed by atoms with E-state index in [0.29, 0.717) is 37.5 Å². The maximum atomic E-state index is 13.5. The highest BCUT2D eigenvalue weighted by Gasteiger charge is 2.28. The summed E-state index contributed by atoms with van der Waals surface area (Å²) in [5.41, 5.74) is 3.36. The predicted octanol–water partition coefficient (Wildman–Crippen LogP) is 4.46. The molecule has 6 nitrogen and oxygen atoms in total. The molecule has 3 aromatic heterocycles. The summed E-state index contributed by atoms with van der Waals surface area (Å²) in [4.78, 5) is 35.4. The topological polar surface area (TPSA) is 66.7 Å². The molecule has 0 spiro atoms. The van der Waals surface area contributed by atoms with Crippen molar-refractivity contribution in [3.8, 4) is 10.6 Å². The summed E-state index contributed by atoms with van der Waals surface area (Å²) in [6.07, 6.45) is 1.49. The van der Waals surface area contributed by atoms with Crippen molar-refractivity contribution in [1.82, 2.24) is 14.8 Å². The molecule has 7 heteroatoms. The van der Waals surface area contributed by atoms with Gasteiger partial charge in [0.1, 0.15) is 0 Å². The summed E-state index contributed by atoms with van der Waals surface area (Å²) < 4.78 is 5.22. The highest BCUT2D eigenvalue weighted by molar-refractivity contribution is 7.13. The molecule has 1 fully saturated rings. The van der Waals surface area contributed by atoms with Crippen LogP contribution in [0.15, 0.2) is 64.6 Å². The number of carbonyl (C=O) groups is 2. The molecule has 0 N–H and O–H groups in total. The predicted molar refractivity (Wildman–Crippen MR) is 120 cm³/mol. The van der Waals surface area contributed by atoms with Crippen LogP contribution in [0.3, 0.4) is 0 Å². The second kappa shape index (κ2) is 8.00. The van der Waals surface area contributed by atoms with Gasteiger partial charge in [-0.3, -0.25) is 9.59 Å². The molecule has 1 aliphatic rings. The number of carbonyl (C=O) groups excluding carboxylic acids is 2. The second-order valence-electron chi connectivity index (χ2n) is 7.61. The summed E-state index contributed by atoms with van der Waals surface area (Å²) in [7, 11) is 0. The standard InChI is InChI=1S/C24H21N3O3S/c1-16-6-7-19-17(14-16)18(15-20(25-19)22-5-3-13-31-22)23(28)26-8-10-27(11-9-26)24(29)21-4-2-12-30-21/h2-7,12-15H,8-11H2,1H3. The Hall–Kier alpha value is -3.45. The monoisotopic (exact) mass is 431 g/mol. The Kier molecular flexibility index (Phi) is 5.03. The number of fused-ring (bicyclic) bond motifs is 1. The van der Waals surface area contributed by atoms with Crippen molar-refractivity contribution in [2.75, 3.05) is 26.2 Å². The van der Waals surface area contributed by atoms with Crippen LogP contribution in [0.2, 0.25) is 0 Å². The molecule has 1 saturated heterocycles. The van der Waals surface area contributed by atoms with Crippen LogP contribution in [-0.4, -0.2) is 52.8 Å². The van der Waals surface area contributed by atoms with Crippen LogP contribution in [0, 0.1) is 6.92 Å². The van der Waals surface area contributed by atoms with E-state index in [1.807, 2.05) is 53.6 Å². The van der Waals surface area contributed by atoms with E-state index in [0.717, 1.165) is 27.0 Å². The first kappa shape index (κ1) is 19.5. The third-order valence-electron chi connectivity index (χ3n) is 5.55. The smallest absolute Gasteiger partial charge is 0.289 e. The van der Waals surface area contributed by atoms with Crippen LogP contribution in [0.4, 0.5) is 0 Å². The molecule has 0 unspecified atom stereocenters. The zero-order valence-corrected chi connectivity index (χ0v) is 17.9. The van der Waals surface area contributed by atoms with E-state index in [9.17, 15) is 9.59 Å². The maximum absolute atomic E-state index is 13.5. The Labute approximate surface area is 183 Å². The van der Waals surface area contributed by atoms with Crippen molar-refractivity contribution < 1.29 is 14.0 Å². The van der Waals surface area contributed by atoms with Gasteiger partial charge < -0.3 is 14.2 Å². The van der Waals surface area contributed by atoms with E-state index in [1.165, 1.54) is 6.26 Å². The van der Waals surface area contributed by atoms with Gasteiger partial charge in [-0.05, 0) is 48.7 Å². The van der Waals surface area contributed by atoms with Crippen molar-refractivity contribution in [3.05, 3.63) is 77.1 Å². The third kappa shape index (κ3) is 3.72. The molecule has 0 aliphatic carbocycles. The van der Waals surface area contributed by atoms with E-state index in [4.69, 9.17) is 9.40 Å². The Morgan fingerprint density at radius 1 is 0.968 bits per heavy atom. The fourth-order valence-electron chi connectivity index (χ4n) is 3.91. The van der Waals surface area contributed by atoms with Gasteiger partial charge in [0.15, 0.2) is 5.76 Å². The van der Waals surface area contributed by atoms with Gasteiger partial charge >= 0.3 is 0 Å². The van der Waals surface area contributed by atoms with E-state index >= 15 is 0 Å². The molecular formula is C24H21N3O3S. The molecule has 1 aliphatic heterocycles. The van der Waals surface area contributed by atoms with Gasteiger partial charge in [-0.1, -0.05) is 17.7 Å². The fraction of sp³-hybridized carbons (Fsp3) is 0.208. The Balaban J connectivity index is 1.43. The zero-order valence-electron chi connectivity index (χ0n) is 17.1. The molecule has 1 aromatic carbocycles. The number of amides is 2. The minimum Gasteiger partial charge on any atom is -0.459 e. The number of thiophene rings is 1. The van der Waals surface area contributed by atoms with Gasteiger partial charge in [-0.25, -0.2) is 4.98 Å².